The fourth-order valence-electron chi connectivity index (χ4n) is 3.79. The lowest BCUT2D eigenvalue weighted by Crippen LogP contribution is -2.55. The van der Waals surface area contributed by atoms with Crippen molar-refractivity contribution >= 4 is 0 Å². The molecule has 4 rings (SSSR count). The van der Waals surface area contributed by atoms with Gasteiger partial charge in [0, 0.05) is 13.1 Å². The Kier molecular flexibility index (Phi) is 4.77. The first kappa shape index (κ1) is 16.9. The molecule has 3 aromatic carbocycles. The monoisotopic (exact) mass is 343 g/mol. The van der Waals surface area contributed by atoms with Gasteiger partial charge in [0.2, 0.25) is 0 Å². The van der Waals surface area contributed by atoms with Crippen LogP contribution in [0, 0.1) is 13.8 Å². The van der Waals surface area contributed by atoms with E-state index in [4.69, 9.17) is 4.74 Å². The van der Waals surface area contributed by atoms with Crippen molar-refractivity contribution < 1.29 is 4.74 Å². The highest BCUT2D eigenvalue weighted by atomic mass is 16.5. The topological polar surface area (TPSA) is 12.5 Å². The normalized spacial score (nSPS) is 15.0. The first-order valence-corrected chi connectivity index (χ1v) is 9.29. The van der Waals surface area contributed by atoms with Gasteiger partial charge in [-0.2, -0.15) is 0 Å². The molecule has 1 aliphatic heterocycles. The standard InChI is InChI=1S/C24H25NO/c1-18-10-9-11-19(2)24(18)26-22-16-25(17-22)23(20-12-5-3-6-13-20)21-14-7-4-8-15-21/h3-15,22-23H,16-17H2,1-2H3. The van der Waals surface area contributed by atoms with Crippen molar-refractivity contribution in [2.75, 3.05) is 13.1 Å². The molecule has 26 heavy (non-hydrogen) atoms. The van der Waals surface area contributed by atoms with Gasteiger partial charge in [-0.15, -0.1) is 0 Å². The molecule has 0 amide bonds. The predicted octanol–water partition coefficient (Wildman–Crippen LogP) is 5.16. The van der Waals surface area contributed by atoms with E-state index in [-0.39, 0.29) is 12.1 Å². The van der Waals surface area contributed by atoms with E-state index in [1.165, 1.54) is 22.3 Å². The van der Waals surface area contributed by atoms with Crippen LogP contribution in [0.4, 0.5) is 0 Å². The summed E-state index contributed by atoms with van der Waals surface area (Å²) in [5, 5.41) is 0. The lowest BCUT2D eigenvalue weighted by molar-refractivity contribution is -0.000424. The van der Waals surface area contributed by atoms with Crippen molar-refractivity contribution in [1.82, 2.24) is 4.90 Å². The summed E-state index contributed by atoms with van der Waals surface area (Å²) >= 11 is 0. The van der Waals surface area contributed by atoms with E-state index in [0.29, 0.717) is 0 Å². The molecule has 0 aliphatic carbocycles. The Morgan fingerprint density at radius 1 is 0.731 bits per heavy atom. The zero-order valence-corrected chi connectivity index (χ0v) is 15.4. The molecule has 0 saturated carbocycles. The summed E-state index contributed by atoms with van der Waals surface area (Å²) in [6.07, 6.45) is 0.254. The molecule has 0 aromatic heterocycles. The van der Waals surface area contributed by atoms with Crippen LogP contribution in [0.3, 0.4) is 0 Å². The van der Waals surface area contributed by atoms with Crippen LogP contribution in [0.15, 0.2) is 78.9 Å². The van der Waals surface area contributed by atoms with Crippen molar-refractivity contribution in [3.63, 3.8) is 0 Å². The molecule has 0 spiro atoms. The highest BCUT2D eigenvalue weighted by Gasteiger charge is 2.35. The van der Waals surface area contributed by atoms with E-state index < -0.39 is 0 Å². The number of hydrogen-bond donors (Lipinski definition) is 0. The Balaban J connectivity index is 1.51. The van der Waals surface area contributed by atoms with Crippen LogP contribution < -0.4 is 4.74 Å². The molecule has 0 N–H and O–H groups in total. The van der Waals surface area contributed by atoms with Crippen molar-refractivity contribution in [2.45, 2.75) is 26.0 Å². The Hall–Kier alpha value is -2.58. The molecule has 0 radical (unpaired) electrons. The smallest absolute Gasteiger partial charge is 0.125 e. The molecule has 2 heteroatoms. The molecule has 1 fully saturated rings. The van der Waals surface area contributed by atoms with E-state index in [1.807, 2.05) is 0 Å². The SMILES string of the molecule is Cc1cccc(C)c1OC1CN(C(c2ccccc2)c2ccccc2)C1. The van der Waals surface area contributed by atoms with Gasteiger partial charge in [0.25, 0.3) is 0 Å². The van der Waals surface area contributed by atoms with Crippen LogP contribution in [-0.2, 0) is 0 Å². The Labute approximate surface area is 156 Å². The van der Waals surface area contributed by atoms with Crippen molar-refractivity contribution in [2.24, 2.45) is 0 Å². The first-order chi connectivity index (χ1) is 12.7. The summed E-state index contributed by atoms with van der Waals surface area (Å²) in [6, 6.07) is 28.1. The van der Waals surface area contributed by atoms with Gasteiger partial charge in [-0.05, 0) is 36.1 Å². The average Bonchev–Trinajstić information content (AvgIpc) is 2.64. The largest absolute Gasteiger partial charge is 0.487 e. The maximum Gasteiger partial charge on any atom is 0.125 e. The lowest BCUT2D eigenvalue weighted by Gasteiger charge is -2.44. The zero-order chi connectivity index (χ0) is 17.9. The number of ether oxygens (including phenoxy) is 1. The molecular formula is C24H25NO. The molecule has 1 aliphatic rings. The maximum atomic E-state index is 6.32. The number of benzene rings is 3. The molecule has 1 heterocycles. The fourth-order valence-corrected chi connectivity index (χ4v) is 3.79. The van der Waals surface area contributed by atoms with Gasteiger partial charge in [-0.1, -0.05) is 78.9 Å². The summed E-state index contributed by atoms with van der Waals surface area (Å²) in [4.78, 5) is 2.50. The zero-order valence-electron chi connectivity index (χ0n) is 15.4. The fraction of sp³-hybridized carbons (Fsp3) is 0.250. The summed E-state index contributed by atoms with van der Waals surface area (Å²) in [6.45, 7) is 6.13. The maximum absolute atomic E-state index is 6.32. The Morgan fingerprint density at radius 3 is 1.73 bits per heavy atom. The van der Waals surface area contributed by atoms with E-state index in [9.17, 15) is 0 Å². The molecular weight excluding hydrogens is 318 g/mol. The van der Waals surface area contributed by atoms with Crippen LogP contribution in [0.1, 0.15) is 28.3 Å². The van der Waals surface area contributed by atoms with Crippen LogP contribution in [0.2, 0.25) is 0 Å². The van der Waals surface area contributed by atoms with Crippen LogP contribution >= 0.6 is 0 Å². The molecule has 3 aromatic rings. The highest BCUT2D eigenvalue weighted by Crippen LogP contribution is 2.34. The number of aryl methyl sites for hydroxylation is 2. The van der Waals surface area contributed by atoms with Gasteiger partial charge in [-0.3, -0.25) is 4.90 Å². The van der Waals surface area contributed by atoms with Crippen molar-refractivity contribution in [1.29, 1.82) is 0 Å². The third-order valence-electron chi connectivity index (χ3n) is 5.17. The predicted molar refractivity (Wildman–Crippen MR) is 107 cm³/mol. The second-order valence-corrected chi connectivity index (χ2v) is 7.14. The molecule has 0 bridgehead atoms. The quantitative estimate of drug-likeness (QED) is 0.635. The summed E-state index contributed by atoms with van der Waals surface area (Å²) in [7, 11) is 0. The number of rotatable bonds is 5. The third-order valence-corrected chi connectivity index (χ3v) is 5.17. The molecule has 2 nitrogen and oxygen atoms in total. The van der Waals surface area contributed by atoms with Gasteiger partial charge in [-0.25, -0.2) is 0 Å². The highest BCUT2D eigenvalue weighted by molar-refractivity contribution is 5.40. The van der Waals surface area contributed by atoms with Crippen molar-refractivity contribution in [3.05, 3.63) is 101 Å². The van der Waals surface area contributed by atoms with Gasteiger partial charge in [0.15, 0.2) is 0 Å². The minimum absolute atomic E-state index is 0.254. The number of nitrogens with zero attached hydrogens (tertiary/aromatic N) is 1. The summed E-state index contributed by atoms with van der Waals surface area (Å²) < 4.78 is 6.32. The summed E-state index contributed by atoms with van der Waals surface area (Å²) in [5.41, 5.74) is 5.10. The van der Waals surface area contributed by atoms with Gasteiger partial charge in [0.05, 0.1) is 6.04 Å². The second-order valence-electron chi connectivity index (χ2n) is 7.14. The lowest BCUT2D eigenvalue weighted by atomic mass is 9.94. The van der Waals surface area contributed by atoms with E-state index >= 15 is 0 Å². The first-order valence-electron chi connectivity index (χ1n) is 9.29. The third kappa shape index (κ3) is 3.38. The van der Waals surface area contributed by atoms with Gasteiger partial charge in [0.1, 0.15) is 11.9 Å². The van der Waals surface area contributed by atoms with Gasteiger partial charge >= 0.3 is 0 Å². The molecule has 0 atom stereocenters. The number of hydrogen-bond acceptors (Lipinski definition) is 2. The average molecular weight is 343 g/mol. The van der Waals surface area contributed by atoms with E-state index in [2.05, 4.69) is 97.6 Å². The minimum Gasteiger partial charge on any atom is -0.487 e. The van der Waals surface area contributed by atoms with Gasteiger partial charge < -0.3 is 4.74 Å². The van der Waals surface area contributed by atoms with Crippen molar-refractivity contribution in [3.8, 4) is 5.75 Å². The molecule has 0 unspecified atom stereocenters. The number of para-hydroxylation sites is 1. The van der Waals surface area contributed by atoms with E-state index in [0.717, 1.165) is 18.8 Å². The molecule has 132 valence electrons. The second kappa shape index (κ2) is 7.35. The molecule has 1 saturated heterocycles. The van der Waals surface area contributed by atoms with Crippen LogP contribution in [0.5, 0.6) is 5.75 Å². The summed E-state index contributed by atoms with van der Waals surface area (Å²) in [5.74, 6) is 1.05. The number of likely N-dealkylation sites (tertiary alicyclic amines) is 1. The Bertz CT molecular complexity index is 794. The van der Waals surface area contributed by atoms with Crippen LogP contribution in [0.25, 0.3) is 0 Å². The van der Waals surface area contributed by atoms with Crippen LogP contribution in [-0.4, -0.2) is 24.1 Å². The Morgan fingerprint density at radius 2 is 1.23 bits per heavy atom. The minimum atomic E-state index is 0.254. The van der Waals surface area contributed by atoms with E-state index in [1.54, 1.807) is 0 Å².